The molecular formula is C12H17IN2S. The third kappa shape index (κ3) is 2.77. The molecule has 2 nitrogen and oxygen atoms in total. The van der Waals surface area contributed by atoms with Gasteiger partial charge in [0.2, 0.25) is 0 Å². The molecule has 0 amide bonds. The minimum absolute atomic E-state index is 0.757. The summed E-state index contributed by atoms with van der Waals surface area (Å²) in [4.78, 5) is 2.43. The van der Waals surface area contributed by atoms with Gasteiger partial charge in [-0.25, -0.2) is 0 Å². The first-order chi connectivity index (χ1) is 7.70. The van der Waals surface area contributed by atoms with E-state index in [-0.39, 0.29) is 0 Å². The number of hydrogen-bond acceptors (Lipinski definition) is 3. The van der Waals surface area contributed by atoms with E-state index in [0.29, 0.717) is 0 Å². The van der Waals surface area contributed by atoms with Crippen molar-refractivity contribution in [2.75, 3.05) is 29.5 Å². The van der Waals surface area contributed by atoms with Crippen molar-refractivity contribution in [1.29, 1.82) is 0 Å². The van der Waals surface area contributed by atoms with Gasteiger partial charge in [0.15, 0.2) is 0 Å². The SMILES string of the molecule is CCC1CN(c2ccc(I)cc2N)CCS1. The van der Waals surface area contributed by atoms with Crippen molar-refractivity contribution >= 4 is 45.7 Å². The van der Waals surface area contributed by atoms with Crippen LogP contribution in [0.15, 0.2) is 18.2 Å². The van der Waals surface area contributed by atoms with Crippen molar-refractivity contribution in [2.45, 2.75) is 18.6 Å². The Bertz CT molecular complexity index is 370. The molecule has 0 spiro atoms. The highest BCUT2D eigenvalue weighted by atomic mass is 127. The van der Waals surface area contributed by atoms with Crippen molar-refractivity contribution in [2.24, 2.45) is 0 Å². The maximum Gasteiger partial charge on any atom is 0.0601 e. The number of nitrogen functional groups attached to an aromatic ring is 1. The molecule has 2 rings (SSSR count). The van der Waals surface area contributed by atoms with Crippen LogP contribution >= 0.6 is 34.4 Å². The van der Waals surface area contributed by atoms with Gasteiger partial charge in [0, 0.05) is 27.7 Å². The first-order valence-electron chi connectivity index (χ1n) is 5.62. The number of thioether (sulfide) groups is 1. The van der Waals surface area contributed by atoms with E-state index in [4.69, 9.17) is 5.73 Å². The van der Waals surface area contributed by atoms with Gasteiger partial charge < -0.3 is 10.6 Å². The Hall–Kier alpha value is -0.100. The molecule has 1 aliphatic heterocycles. The number of halogens is 1. The van der Waals surface area contributed by atoms with E-state index in [1.165, 1.54) is 21.4 Å². The average Bonchev–Trinajstić information content (AvgIpc) is 2.29. The maximum atomic E-state index is 6.09. The molecule has 16 heavy (non-hydrogen) atoms. The molecule has 1 fully saturated rings. The molecule has 0 radical (unpaired) electrons. The largest absolute Gasteiger partial charge is 0.397 e. The van der Waals surface area contributed by atoms with Gasteiger partial charge in [-0.2, -0.15) is 11.8 Å². The number of hydrogen-bond donors (Lipinski definition) is 1. The zero-order valence-electron chi connectivity index (χ0n) is 9.45. The number of benzene rings is 1. The normalized spacial score (nSPS) is 21.1. The quantitative estimate of drug-likeness (QED) is 0.657. The second-order valence-electron chi connectivity index (χ2n) is 4.05. The zero-order valence-corrected chi connectivity index (χ0v) is 12.4. The molecule has 1 aliphatic rings. The number of nitrogens with zero attached hydrogens (tertiary/aromatic N) is 1. The molecule has 0 bridgehead atoms. The lowest BCUT2D eigenvalue weighted by Crippen LogP contribution is -2.38. The number of rotatable bonds is 2. The van der Waals surface area contributed by atoms with Crippen molar-refractivity contribution in [3.63, 3.8) is 0 Å². The lowest BCUT2D eigenvalue weighted by Gasteiger charge is -2.34. The summed E-state index contributed by atoms with van der Waals surface area (Å²) in [5, 5.41) is 0.757. The van der Waals surface area contributed by atoms with Crippen LogP contribution in [0, 0.1) is 3.57 Å². The Kier molecular flexibility index (Phi) is 4.24. The molecule has 1 atom stereocenters. The molecule has 2 N–H and O–H groups in total. The molecule has 1 aromatic rings. The molecule has 1 heterocycles. The number of nitrogens with two attached hydrogens (primary N) is 1. The van der Waals surface area contributed by atoms with Gasteiger partial charge in [0.25, 0.3) is 0 Å². The highest BCUT2D eigenvalue weighted by Gasteiger charge is 2.20. The summed E-state index contributed by atoms with van der Waals surface area (Å²) in [6.45, 7) is 4.51. The van der Waals surface area contributed by atoms with Crippen LogP contribution in [0.5, 0.6) is 0 Å². The standard InChI is InChI=1S/C12H17IN2S/c1-2-10-8-15(5-6-16-10)12-4-3-9(13)7-11(12)14/h3-4,7,10H,2,5-6,8,14H2,1H3. The second-order valence-corrected chi connectivity index (χ2v) is 6.70. The highest BCUT2D eigenvalue weighted by molar-refractivity contribution is 14.1. The monoisotopic (exact) mass is 348 g/mol. The third-order valence-corrected chi connectivity index (χ3v) is 4.97. The smallest absolute Gasteiger partial charge is 0.0601 e. The topological polar surface area (TPSA) is 29.3 Å². The van der Waals surface area contributed by atoms with Gasteiger partial charge in [-0.05, 0) is 47.2 Å². The molecule has 1 unspecified atom stereocenters. The molecule has 4 heteroatoms. The average molecular weight is 348 g/mol. The van der Waals surface area contributed by atoms with Crippen LogP contribution in [-0.4, -0.2) is 24.1 Å². The van der Waals surface area contributed by atoms with E-state index >= 15 is 0 Å². The van der Waals surface area contributed by atoms with E-state index in [1.54, 1.807) is 0 Å². The van der Waals surface area contributed by atoms with E-state index in [2.05, 4.69) is 64.4 Å². The Balaban J connectivity index is 2.16. The van der Waals surface area contributed by atoms with Gasteiger partial charge >= 0.3 is 0 Å². The molecule has 0 saturated carbocycles. The van der Waals surface area contributed by atoms with Crippen LogP contribution in [0.1, 0.15) is 13.3 Å². The predicted molar refractivity (Wildman–Crippen MR) is 82.3 cm³/mol. The Labute approximate surface area is 115 Å². The summed E-state index contributed by atoms with van der Waals surface area (Å²) in [5.41, 5.74) is 8.20. The predicted octanol–water partition coefficient (Wildman–Crippen LogP) is 3.21. The van der Waals surface area contributed by atoms with Gasteiger partial charge in [-0.1, -0.05) is 6.92 Å². The van der Waals surface area contributed by atoms with Crippen molar-refractivity contribution in [3.8, 4) is 0 Å². The van der Waals surface area contributed by atoms with Crippen LogP contribution in [0.3, 0.4) is 0 Å². The highest BCUT2D eigenvalue weighted by Crippen LogP contribution is 2.30. The first kappa shape index (κ1) is 12.4. The summed E-state index contributed by atoms with van der Waals surface area (Å²) in [7, 11) is 0. The zero-order chi connectivity index (χ0) is 11.5. The lowest BCUT2D eigenvalue weighted by molar-refractivity contribution is 0.729. The summed E-state index contributed by atoms with van der Waals surface area (Å²) >= 11 is 4.39. The van der Waals surface area contributed by atoms with E-state index in [1.807, 2.05) is 0 Å². The fourth-order valence-electron chi connectivity index (χ4n) is 2.00. The van der Waals surface area contributed by atoms with Gasteiger partial charge in [0.05, 0.1) is 11.4 Å². The van der Waals surface area contributed by atoms with Crippen LogP contribution in [0.25, 0.3) is 0 Å². The van der Waals surface area contributed by atoms with Crippen LogP contribution in [-0.2, 0) is 0 Å². The minimum Gasteiger partial charge on any atom is -0.397 e. The van der Waals surface area contributed by atoms with Crippen molar-refractivity contribution < 1.29 is 0 Å². The molecule has 0 aliphatic carbocycles. The van der Waals surface area contributed by atoms with Crippen LogP contribution < -0.4 is 10.6 Å². The summed E-state index contributed by atoms with van der Waals surface area (Å²) in [6, 6.07) is 6.34. The van der Waals surface area contributed by atoms with Crippen LogP contribution in [0.4, 0.5) is 11.4 Å². The third-order valence-electron chi connectivity index (χ3n) is 2.92. The summed E-state index contributed by atoms with van der Waals surface area (Å²) in [5.74, 6) is 1.21. The maximum absolute atomic E-state index is 6.09. The summed E-state index contributed by atoms with van der Waals surface area (Å²) in [6.07, 6.45) is 1.24. The molecule has 1 aromatic carbocycles. The van der Waals surface area contributed by atoms with Crippen molar-refractivity contribution in [1.82, 2.24) is 0 Å². The minimum atomic E-state index is 0.757. The fourth-order valence-corrected chi connectivity index (χ4v) is 3.69. The van der Waals surface area contributed by atoms with E-state index < -0.39 is 0 Å². The van der Waals surface area contributed by atoms with Crippen LogP contribution in [0.2, 0.25) is 0 Å². The Morgan fingerprint density at radius 3 is 3.06 bits per heavy atom. The molecule has 88 valence electrons. The van der Waals surface area contributed by atoms with Crippen molar-refractivity contribution in [3.05, 3.63) is 21.8 Å². The molecule has 0 aromatic heterocycles. The number of anilines is 2. The molecule has 1 saturated heterocycles. The van der Waals surface area contributed by atoms with Gasteiger partial charge in [0.1, 0.15) is 0 Å². The van der Waals surface area contributed by atoms with E-state index in [9.17, 15) is 0 Å². The van der Waals surface area contributed by atoms with E-state index in [0.717, 1.165) is 24.0 Å². The van der Waals surface area contributed by atoms with Gasteiger partial charge in [-0.3, -0.25) is 0 Å². The summed E-state index contributed by atoms with van der Waals surface area (Å²) < 4.78 is 1.21. The lowest BCUT2D eigenvalue weighted by atomic mass is 10.2. The Morgan fingerprint density at radius 1 is 1.56 bits per heavy atom. The second kappa shape index (κ2) is 5.49. The van der Waals surface area contributed by atoms with Gasteiger partial charge in [-0.15, -0.1) is 0 Å². The fraction of sp³-hybridized carbons (Fsp3) is 0.500. The Morgan fingerprint density at radius 2 is 2.38 bits per heavy atom. The molecular weight excluding hydrogens is 331 g/mol. The first-order valence-corrected chi connectivity index (χ1v) is 7.75.